The zero-order chi connectivity index (χ0) is 41.2. The summed E-state index contributed by atoms with van der Waals surface area (Å²) in [4.78, 5) is 4.93. The molecule has 0 bridgehead atoms. The number of aryl methyl sites for hydroxylation is 4. The van der Waals surface area contributed by atoms with Crippen LogP contribution in [0.25, 0.3) is 0 Å². The quantitative estimate of drug-likeness (QED) is 0.133. The summed E-state index contributed by atoms with van der Waals surface area (Å²) in [5.41, 5.74) is 17.3. The molecule has 0 saturated heterocycles. The van der Waals surface area contributed by atoms with E-state index in [1.54, 1.807) is 0 Å². The van der Waals surface area contributed by atoms with E-state index in [0.29, 0.717) is 18.4 Å². The third-order valence-corrected chi connectivity index (χ3v) is 11.5. The minimum Gasteiger partial charge on any atom is -0.489 e. The average Bonchev–Trinajstić information content (AvgIpc) is 3.14. The Labute approximate surface area is 345 Å². The minimum atomic E-state index is 0.168. The van der Waals surface area contributed by atoms with Crippen LogP contribution in [0.3, 0.4) is 0 Å². The van der Waals surface area contributed by atoms with Gasteiger partial charge in [-0.15, -0.1) is 0 Å². The third-order valence-electron chi connectivity index (χ3n) is 11.5. The third kappa shape index (κ3) is 9.93. The van der Waals surface area contributed by atoms with Gasteiger partial charge in [-0.05, 0) is 146 Å². The van der Waals surface area contributed by atoms with E-state index in [0.717, 1.165) is 52.6 Å². The lowest BCUT2D eigenvalue weighted by Crippen LogP contribution is -2.25. The first-order valence-electron chi connectivity index (χ1n) is 20.9. The number of ether oxygens (including phenoxy) is 1. The van der Waals surface area contributed by atoms with Gasteiger partial charge in [0.05, 0.1) is 11.4 Å². The van der Waals surface area contributed by atoms with Crippen molar-refractivity contribution < 1.29 is 4.74 Å². The molecule has 1 aliphatic rings. The standard InChI is InChI=1S/C54H66N2O/c1-36-16-14-18-45(28-36)55(49-30-38(3)20-22-40(49)5)51-32-47(57-35-43-24-26-44(27-25-43)48(54(11,12)13)34-53(8,9)10)33-52(42(51)7)56(46-19-15-17-37(2)29-46)50-31-39(4)21-23-41(50)6/h14-22,24-33,41,48H,23,34-35H2,1-13H3. The van der Waals surface area contributed by atoms with Gasteiger partial charge in [-0.3, -0.25) is 0 Å². The maximum Gasteiger partial charge on any atom is 0.124 e. The smallest absolute Gasteiger partial charge is 0.124 e. The number of allylic oxidation sites excluding steroid dienone is 4. The van der Waals surface area contributed by atoms with Crippen molar-refractivity contribution in [3.05, 3.63) is 165 Å². The summed E-state index contributed by atoms with van der Waals surface area (Å²) >= 11 is 0. The van der Waals surface area contributed by atoms with Gasteiger partial charge in [-0.2, -0.15) is 0 Å². The molecule has 0 saturated carbocycles. The van der Waals surface area contributed by atoms with Crippen LogP contribution in [0, 0.1) is 51.4 Å². The van der Waals surface area contributed by atoms with Crippen LogP contribution in [-0.2, 0) is 6.61 Å². The highest BCUT2D eigenvalue weighted by Gasteiger charge is 2.31. The molecule has 0 fully saturated rings. The van der Waals surface area contributed by atoms with Crippen LogP contribution in [0.2, 0.25) is 0 Å². The molecule has 5 aromatic rings. The molecule has 6 rings (SSSR count). The van der Waals surface area contributed by atoms with Gasteiger partial charge in [0.2, 0.25) is 0 Å². The van der Waals surface area contributed by atoms with Crippen molar-refractivity contribution in [3.8, 4) is 5.75 Å². The molecule has 3 nitrogen and oxygen atoms in total. The predicted molar refractivity (Wildman–Crippen MR) is 246 cm³/mol. The van der Waals surface area contributed by atoms with Gasteiger partial charge in [0.1, 0.15) is 12.4 Å². The predicted octanol–water partition coefficient (Wildman–Crippen LogP) is 15.9. The highest BCUT2D eigenvalue weighted by atomic mass is 16.5. The van der Waals surface area contributed by atoms with Crippen molar-refractivity contribution in [1.82, 2.24) is 0 Å². The van der Waals surface area contributed by atoms with E-state index in [-0.39, 0.29) is 10.8 Å². The van der Waals surface area contributed by atoms with Gasteiger partial charge in [0.25, 0.3) is 0 Å². The highest BCUT2D eigenvalue weighted by Crippen LogP contribution is 2.48. The summed E-state index contributed by atoms with van der Waals surface area (Å²) in [6, 6.07) is 38.3. The van der Waals surface area contributed by atoms with Gasteiger partial charge in [0.15, 0.2) is 0 Å². The van der Waals surface area contributed by atoms with Crippen molar-refractivity contribution in [2.45, 2.75) is 115 Å². The minimum absolute atomic E-state index is 0.168. The average molecular weight is 759 g/mol. The van der Waals surface area contributed by atoms with E-state index in [1.807, 2.05) is 0 Å². The second-order valence-corrected chi connectivity index (χ2v) is 19.1. The molecule has 1 aliphatic carbocycles. The molecule has 298 valence electrons. The molecule has 5 aromatic carbocycles. The number of benzene rings is 5. The lowest BCUT2D eigenvalue weighted by molar-refractivity contribution is 0.229. The Morgan fingerprint density at radius 1 is 0.649 bits per heavy atom. The molecular formula is C54H66N2O. The summed E-state index contributed by atoms with van der Waals surface area (Å²) in [6.45, 7) is 30.2. The van der Waals surface area contributed by atoms with E-state index < -0.39 is 0 Å². The Balaban J connectivity index is 1.53. The molecule has 3 heteroatoms. The number of nitrogens with zero attached hydrogens (tertiary/aromatic N) is 2. The lowest BCUT2D eigenvalue weighted by atomic mass is 9.69. The molecule has 0 N–H and O–H groups in total. The van der Waals surface area contributed by atoms with Crippen molar-refractivity contribution in [2.75, 3.05) is 9.80 Å². The van der Waals surface area contributed by atoms with E-state index in [4.69, 9.17) is 4.74 Å². The fraction of sp³-hybridized carbons (Fsp3) is 0.370. The molecule has 2 unspecified atom stereocenters. The fourth-order valence-electron chi connectivity index (χ4n) is 8.29. The van der Waals surface area contributed by atoms with Crippen molar-refractivity contribution in [3.63, 3.8) is 0 Å². The van der Waals surface area contributed by atoms with Crippen LogP contribution >= 0.6 is 0 Å². The van der Waals surface area contributed by atoms with Crippen LogP contribution in [0.1, 0.15) is 113 Å². The number of anilines is 5. The molecule has 0 heterocycles. The van der Waals surface area contributed by atoms with E-state index >= 15 is 0 Å². The second kappa shape index (κ2) is 16.8. The van der Waals surface area contributed by atoms with E-state index in [1.165, 1.54) is 44.7 Å². The first kappa shape index (κ1) is 41.6. The first-order chi connectivity index (χ1) is 26.9. The van der Waals surface area contributed by atoms with Gasteiger partial charge >= 0.3 is 0 Å². The number of rotatable bonds is 11. The van der Waals surface area contributed by atoms with Crippen LogP contribution < -0.4 is 14.5 Å². The summed E-state index contributed by atoms with van der Waals surface area (Å²) in [7, 11) is 0. The Hall–Kier alpha value is -5.02. The second-order valence-electron chi connectivity index (χ2n) is 19.1. The molecule has 0 amide bonds. The molecule has 0 spiro atoms. The Morgan fingerprint density at radius 3 is 1.81 bits per heavy atom. The van der Waals surface area contributed by atoms with Gasteiger partial charge in [-0.1, -0.05) is 121 Å². The normalized spacial score (nSPS) is 15.1. The molecule has 0 aliphatic heterocycles. The van der Waals surface area contributed by atoms with E-state index in [2.05, 4.69) is 215 Å². The summed E-state index contributed by atoms with van der Waals surface area (Å²) in [5, 5.41) is 0. The molecular weight excluding hydrogens is 693 g/mol. The monoisotopic (exact) mass is 759 g/mol. The lowest BCUT2D eigenvalue weighted by Gasteiger charge is -2.36. The number of hydrogen-bond donors (Lipinski definition) is 0. The molecule has 57 heavy (non-hydrogen) atoms. The zero-order valence-corrected chi connectivity index (χ0v) is 37.0. The van der Waals surface area contributed by atoms with E-state index in [9.17, 15) is 0 Å². The van der Waals surface area contributed by atoms with Crippen molar-refractivity contribution in [2.24, 2.45) is 16.7 Å². The van der Waals surface area contributed by atoms with Crippen molar-refractivity contribution >= 4 is 28.4 Å². The molecule has 2 atom stereocenters. The van der Waals surface area contributed by atoms with Crippen LogP contribution in [0.5, 0.6) is 5.75 Å². The Morgan fingerprint density at radius 2 is 1.23 bits per heavy atom. The molecule has 0 radical (unpaired) electrons. The van der Waals surface area contributed by atoms with Crippen molar-refractivity contribution in [1.29, 1.82) is 0 Å². The summed E-state index contributed by atoms with van der Waals surface area (Å²) < 4.78 is 6.94. The van der Waals surface area contributed by atoms with Gasteiger partial charge in [-0.25, -0.2) is 0 Å². The van der Waals surface area contributed by atoms with Crippen LogP contribution in [-0.4, -0.2) is 0 Å². The maximum absolute atomic E-state index is 6.94. The largest absolute Gasteiger partial charge is 0.489 e. The maximum atomic E-state index is 6.94. The zero-order valence-electron chi connectivity index (χ0n) is 37.0. The molecule has 0 aromatic heterocycles. The fourth-order valence-corrected chi connectivity index (χ4v) is 8.29. The van der Waals surface area contributed by atoms with Gasteiger partial charge in [0, 0.05) is 40.8 Å². The van der Waals surface area contributed by atoms with Crippen LogP contribution in [0.15, 0.2) is 127 Å². The summed E-state index contributed by atoms with van der Waals surface area (Å²) in [5.74, 6) is 1.64. The SMILES string of the molecule is CC1=CCC(C)C(N(c2cccc(C)c2)c2cc(OCc3ccc(C(CC(C)(C)C)C(C)(C)C)cc3)cc(N(c3cccc(C)c3)c3cc(C)ccc3C)c2C)=C1. The first-order valence-corrected chi connectivity index (χ1v) is 20.9. The van der Waals surface area contributed by atoms with Gasteiger partial charge < -0.3 is 14.5 Å². The highest BCUT2D eigenvalue weighted by molar-refractivity contribution is 5.87. The van der Waals surface area contributed by atoms with Crippen LogP contribution in [0.4, 0.5) is 28.4 Å². The Kier molecular flexibility index (Phi) is 12.3. The number of hydrogen-bond acceptors (Lipinski definition) is 3. The summed E-state index contributed by atoms with van der Waals surface area (Å²) in [6.07, 6.45) is 6.87. The topological polar surface area (TPSA) is 15.7 Å². The Bertz CT molecular complexity index is 2260.